The number of rotatable bonds is 3. The number of aliphatic hydroxyl groups excluding tert-OH is 1. The van der Waals surface area contributed by atoms with Crippen LogP contribution in [-0.2, 0) is 0 Å². The van der Waals surface area contributed by atoms with Crippen molar-refractivity contribution in [2.75, 3.05) is 25.7 Å². The fourth-order valence-electron chi connectivity index (χ4n) is 2.07. The molecule has 1 unspecified atom stereocenters. The van der Waals surface area contributed by atoms with Gasteiger partial charge in [0.15, 0.2) is 0 Å². The van der Waals surface area contributed by atoms with E-state index < -0.39 is 0 Å². The maximum absolute atomic E-state index is 9.45. The summed E-state index contributed by atoms with van der Waals surface area (Å²) in [6.07, 6.45) is 5.03. The van der Waals surface area contributed by atoms with Crippen LogP contribution in [0.1, 0.15) is 17.9 Å². The number of benzene rings is 1. The zero-order chi connectivity index (χ0) is 11.5. The van der Waals surface area contributed by atoms with Gasteiger partial charge in [0.05, 0.1) is 13.2 Å². The van der Waals surface area contributed by atoms with Crippen molar-refractivity contribution in [3.63, 3.8) is 0 Å². The summed E-state index contributed by atoms with van der Waals surface area (Å²) >= 11 is 3.42. The molecule has 0 aliphatic carbocycles. The van der Waals surface area contributed by atoms with E-state index in [1.807, 2.05) is 0 Å². The number of aliphatic hydroxyl groups is 1. The molecule has 1 aliphatic heterocycles. The first-order chi connectivity index (χ1) is 7.81. The lowest BCUT2D eigenvalue weighted by molar-refractivity contribution is 0.200. The zero-order valence-electron chi connectivity index (χ0n) is 9.53. The minimum Gasteiger partial charge on any atom is -0.492 e. The van der Waals surface area contributed by atoms with Crippen LogP contribution in [0.25, 0.3) is 0 Å². The minimum atomic E-state index is 0.210. The third-order valence-corrected chi connectivity index (χ3v) is 4.46. The highest BCUT2D eigenvalue weighted by atomic mass is 32.2. The molecular weight excluding hydrogens is 240 g/mol. The number of hydrogen-bond acceptors (Lipinski definition) is 4. The topological polar surface area (TPSA) is 29.5 Å². The second-order valence-corrected chi connectivity index (χ2v) is 5.43. The molecule has 1 aliphatic rings. The Hall–Kier alpha value is -0.320. The van der Waals surface area contributed by atoms with E-state index in [1.165, 1.54) is 15.4 Å². The molecule has 2 rings (SSSR count). The molecule has 0 aromatic heterocycles. The Morgan fingerprint density at radius 3 is 2.62 bits per heavy atom. The fraction of sp³-hybridized carbons (Fsp3) is 0.500. The van der Waals surface area contributed by atoms with Gasteiger partial charge in [0, 0.05) is 21.3 Å². The average molecular weight is 256 g/mol. The minimum absolute atomic E-state index is 0.210. The Bertz CT molecular complexity index is 380. The highest BCUT2D eigenvalue weighted by molar-refractivity contribution is 7.99. The standard InChI is InChI=1S/C12H16O2S2/c1-15-9-3-4-10(16-2)12-11(9)8(7-13)5-6-14-12/h3-4,8,13H,5-7H2,1-2H3. The molecule has 1 aromatic rings. The molecule has 88 valence electrons. The van der Waals surface area contributed by atoms with Gasteiger partial charge < -0.3 is 9.84 Å². The first kappa shape index (κ1) is 12.1. The monoisotopic (exact) mass is 256 g/mol. The molecule has 1 aromatic carbocycles. The van der Waals surface area contributed by atoms with E-state index in [0.717, 1.165) is 12.2 Å². The summed E-state index contributed by atoms with van der Waals surface area (Å²) in [5, 5.41) is 9.45. The van der Waals surface area contributed by atoms with Crippen molar-refractivity contribution in [3.8, 4) is 5.75 Å². The Balaban J connectivity index is 2.54. The van der Waals surface area contributed by atoms with E-state index in [9.17, 15) is 5.11 Å². The normalized spacial score (nSPS) is 19.1. The second kappa shape index (κ2) is 5.34. The van der Waals surface area contributed by atoms with Gasteiger partial charge >= 0.3 is 0 Å². The molecule has 1 heterocycles. The van der Waals surface area contributed by atoms with Crippen LogP contribution in [0, 0.1) is 0 Å². The van der Waals surface area contributed by atoms with Gasteiger partial charge in [-0.2, -0.15) is 0 Å². The van der Waals surface area contributed by atoms with Gasteiger partial charge in [-0.3, -0.25) is 0 Å². The molecule has 0 spiro atoms. The van der Waals surface area contributed by atoms with Gasteiger partial charge in [0.2, 0.25) is 0 Å². The van der Waals surface area contributed by atoms with Crippen molar-refractivity contribution in [1.82, 2.24) is 0 Å². The largest absolute Gasteiger partial charge is 0.492 e. The molecule has 0 radical (unpaired) electrons. The summed E-state index contributed by atoms with van der Waals surface area (Å²) in [5.41, 5.74) is 1.20. The maximum Gasteiger partial charge on any atom is 0.137 e. The summed E-state index contributed by atoms with van der Waals surface area (Å²) in [6, 6.07) is 4.24. The Morgan fingerprint density at radius 1 is 1.31 bits per heavy atom. The Kier molecular flexibility index (Phi) is 4.05. The van der Waals surface area contributed by atoms with E-state index in [0.29, 0.717) is 6.61 Å². The van der Waals surface area contributed by atoms with Crippen LogP contribution in [0.5, 0.6) is 5.75 Å². The molecule has 0 bridgehead atoms. The average Bonchev–Trinajstić information content (AvgIpc) is 2.36. The predicted molar refractivity (Wildman–Crippen MR) is 69.9 cm³/mol. The van der Waals surface area contributed by atoms with Crippen molar-refractivity contribution >= 4 is 23.5 Å². The summed E-state index contributed by atoms with van der Waals surface area (Å²) in [5.74, 6) is 1.22. The summed E-state index contributed by atoms with van der Waals surface area (Å²) in [7, 11) is 0. The molecular formula is C12H16O2S2. The molecule has 4 heteroatoms. The molecule has 1 N–H and O–H groups in total. The summed E-state index contributed by atoms with van der Waals surface area (Å²) in [4.78, 5) is 2.40. The zero-order valence-corrected chi connectivity index (χ0v) is 11.2. The lowest BCUT2D eigenvalue weighted by Crippen LogP contribution is -2.18. The molecule has 0 fully saturated rings. The number of thioether (sulfide) groups is 2. The van der Waals surface area contributed by atoms with Crippen molar-refractivity contribution in [3.05, 3.63) is 17.7 Å². The van der Waals surface area contributed by atoms with Crippen LogP contribution in [0.3, 0.4) is 0 Å². The number of hydrogen-bond donors (Lipinski definition) is 1. The van der Waals surface area contributed by atoms with E-state index in [2.05, 4.69) is 24.6 Å². The van der Waals surface area contributed by atoms with E-state index in [4.69, 9.17) is 4.74 Å². The van der Waals surface area contributed by atoms with Crippen molar-refractivity contribution in [2.24, 2.45) is 0 Å². The predicted octanol–water partition coefficient (Wildman–Crippen LogP) is 2.99. The van der Waals surface area contributed by atoms with Crippen molar-refractivity contribution in [2.45, 2.75) is 22.1 Å². The fourth-order valence-corrected chi connectivity index (χ4v) is 3.31. The summed E-state index contributed by atoms with van der Waals surface area (Å²) in [6.45, 7) is 0.922. The van der Waals surface area contributed by atoms with Gasteiger partial charge in [0.25, 0.3) is 0 Å². The second-order valence-electron chi connectivity index (χ2n) is 3.73. The third-order valence-electron chi connectivity index (χ3n) is 2.90. The number of fused-ring (bicyclic) bond motifs is 1. The van der Waals surface area contributed by atoms with Crippen molar-refractivity contribution in [1.29, 1.82) is 0 Å². The first-order valence-electron chi connectivity index (χ1n) is 5.30. The Labute approximate surface area is 105 Å². The highest BCUT2D eigenvalue weighted by Crippen LogP contribution is 2.44. The lowest BCUT2D eigenvalue weighted by atomic mass is 9.94. The van der Waals surface area contributed by atoms with Gasteiger partial charge in [0.1, 0.15) is 5.75 Å². The van der Waals surface area contributed by atoms with E-state index in [-0.39, 0.29) is 12.5 Å². The SMILES string of the molecule is CSc1ccc(SC)c2c1OCCC2CO. The molecule has 16 heavy (non-hydrogen) atoms. The smallest absolute Gasteiger partial charge is 0.137 e. The lowest BCUT2D eigenvalue weighted by Gasteiger charge is -2.28. The van der Waals surface area contributed by atoms with Gasteiger partial charge in [-0.05, 0) is 31.1 Å². The van der Waals surface area contributed by atoms with Gasteiger partial charge in [-0.15, -0.1) is 23.5 Å². The van der Waals surface area contributed by atoms with E-state index in [1.54, 1.807) is 23.5 Å². The van der Waals surface area contributed by atoms with Crippen LogP contribution in [0.2, 0.25) is 0 Å². The maximum atomic E-state index is 9.45. The molecule has 0 saturated carbocycles. The molecule has 2 nitrogen and oxygen atoms in total. The van der Waals surface area contributed by atoms with E-state index >= 15 is 0 Å². The van der Waals surface area contributed by atoms with Crippen LogP contribution in [-0.4, -0.2) is 30.8 Å². The van der Waals surface area contributed by atoms with Crippen LogP contribution >= 0.6 is 23.5 Å². The van der Waals surface area contributed by atoms with Gasteiger partial charge in [-0.1, -0.05) is 0 Å². The number of ether oxygens (including phenoxy) is 1. The van der Waals surface area contributed by atoms with Crippen LogP contribution in [0.15, 0.2) is 21.9 Å². The molecule has 0 saturated heterocycles. The van der Waals surface area contributed by atoms with Gasteiger partial charge in [-0.25, -0.2) is 0 Å². The van der Waals surface area contributed by atoms with Crippen LogP contribution < -0.4 is 4.74 Å². The van der Waals surface area contributed by atoms with Crippen LogP contribution in [0.4, 0.5) is 0 Å². The molecule has 1 atom stereocenters. The third kappa shape index (κ3) is 2.06. The summed E-state index contributed by atoms with van der Waals surface area (Å²) < 4.78 is 5.77. The first-order valence-corrected chi connectivity index (χ1v) is 7.75. The van der Waals surface area contributed by atoms with Crippen molar-refractivity contribution < 1.29 is 9.84 Å². The molecule has 0 amide bonds. The quantitative estimate of drug-likeness (QED) is 0.842. The highest BCUT2D eigenvalue weighted by Gasteiger charge is 2.26. The Morgan fingerprint density at radius 2 is 2.00 bits per heavy atom.